The molecule has 1 unspecified atom stereocenters. The number of nitrogens with zero attached hydrogens (tertiary/aromatic N) is 4. The lowest BCUT2D eigenvalue weighted by atomic mass is 10.2. The van der Waals surface area contributed by atoms with Crippen molar-refractivity contribution in [2.45, 2.75) is 39.2 Å². The number of hydrogen-bond acceptors (Lipinski definition) is 4. The van der Waals surface area contributed by atoms with Crippen molar-refractivity contribution in [1.29, 1.82) is 5.26 Å². The van der Waals surface area contributed by atoms with Crippen LogP contribution in [-0.2, 0) is 6.42 Å². The number of halogens is 1. The smallest absolute Gasteiger partial charge is 0.134 e. The summed E-state index contributed by atoms with van der Waals surface area (Å²) in [6.45, 7) is 4.06. The summed E-state index contributed by atoms with van der Waals surface area (Å²) < 4.78 is 0. The van der Waals surface area contributed by atoms with Crippen molar-refractivity contribution in [2.24, 2.45) is 0 Å². The first-order chi connectivity index (χ1) is 8.08. The van der Waals surface area contributed by atoms with Gasteiger partial charge in [0.25, 0.3) is 0 Å². The maximum atomic E-state index is 8.69. The SMILES string of the molecule is CCCc1nc(Cl)cc(N(C)C(C)CC#N)n1. The molecule has 0 radical (unpaired) electrons. The standard InChI is InChI=1S/C12H17ClN4/c1-4-5-11-15-10(13)8-12(16-11)17(3)9(2)6-7-14/h8-9H,4-6H2,1-3H3. The third-order valence-electron chi connectivity index (χ3n) is 2.61. The first-order valence-corrected chi connectivity index (χ1v) is 6.09. The zero-order valence-corrected chi connectivity index (χ0v) is 11.2. The van der Waals surface area contributed by atoms with Gasteiger partial charge < -0.3 is 4.90 Å². The van der Waals surface area contributed by atoms with E-state index in [0.29, 0.717) is 11.6 Å². The molecule has 1 heterocycles. The van der Waals surface area contributed by atoms with Crippen molar-refractivity contribution in [3.63, 3.8) is 0 Å². The van der Waals surface area contributed by atoms with Crippen molar-refractivity contribution in [2.75, 3.05) is 11.9 Å². The summed E-state index contributed by atoms with van der Waals surface area (Å²) in [6, 6.07) is 4.00. The third kappa shape index (κ3) is 3.86. The van der Waals surface area contributed by atoms with E-state index in [-0.39, 0.29) is 6.04 Å². The Morgan fingerprint density at radius 1 is 1.53 bits per heavy atom. The molecule has 0 saturated carbocycles. The minimum Gasteiger partial charge on any atom is -0.356 e. The lowest BCUT2D eigenvalue weighted by Crippen LogP contribution is -2.29. The van der Waals surface area contributed by atoms with Crippen LogP contribution >= 0.6 is 11.6 Å². The molecule has 92 valence electrons. The Balaban J connectivity index is 2.93. The van der Waals surface area contributed by atoms with Crippen LogP contribution in [0.15, 0.2) is 6.07 Å². The van der Waals surface area contributed by atoms with Gasteiger partial charge >= 0.3 is 0 Å². The Morgan fingerprint density at radius 2 is 2.24 bits per heavy atom. The van der Waals surface area contributed by atoms with Gasteiger partial charge in [-0.15, -0.1) is 0 Å². The highest BCUT2D eigenvalue weighted by Crippen LogP contribution is 2.18. The van der Waals surface area contributed by atoms with E-state index < -0.39 is 0 Å². The Labute approximate surface area is 107 Å². The molecule has 1 aromatic heterocycles. The second kappa shape index (κ2) is 6.41. The Bertz CT molecular complexity index is 413. The molecular weight excluding hydrogens is 236 g/mol. The highest BCUT2D eigenvalue weighted by atomic mass is 35.5. The first kappa shape index (κ1) is 13.7. The summed E-state index contributed by atoms with van der Waals surface area (Å²) in [5, 5.41) is 9.14. The number of rotatable bonds is 5. The Kier molecular flexibility index (Phi) is 5.17. The van der Waals surface area contributed by atoms with Crippen LogP contribution in [0.25, 0.3) is 0 Å². The zero-order valence-electron chi connectivity index (χ0n) is 10.4. The highest BCUT2D eigenvalue weighted by molar-refractivity contribution is 6.29. The largest absolute Gasteiger partial charge is 0.356 e. The minimum atomic E-state index is 0.112. The van der Waals surface area contributed by atoms with Gasteiger partial charge in [-0.05, 0) is 13.3 Å². The van der Waals surface area contributed by atoms with E-state index in [9.17, 15) is 0 Å². The molecule has 17 heavy (non-hydrogen) atoms. The van der Waals surface area contributed by atoms with Crippen molar-refractivity contribution < 1.29 is 0 Å². The molecule has 0 N–H and O–H groups in total. The number of anilines is 1. The van der Waals surface area contributed by atoms with E-state index in [2.05, 4.69) is 23.0 Å². The van der Waals surface area contributed by atoms with E-state index in [1.807, 2.05) is 18.9 Å². The fourth-order valence-electron chi connectivity index (χ4n) is 1.46. The molecule has 0 aromatic carbocycles. The number of aryl methyl sites for hydroxylation is 1. The molecule has 4 nitrogen and oxygen atoms in total. The van der Waals surface area contributed by atoms with Gasteiger partial charge in [0.15, 0.2) is 0 Å². The molecule has 0 aliphatic heterocycles. The predicted octanol–water partition coefficient (Wildman–Crippen LogP) is 2.82. The lowest BCUT2D eigenvalue weighted by molar-refractivity contribution is 0.687. The van der Waals surface area contributed by atoms with Crippen molar-refractivity contribution >= 4 is 17.4 Å². The van der Waals surface area contributed by atoms with E-state index in [0.717, 1.165) is 24.5 Å². The second-order valence-corrected chi connectivity index (χ2v) is 4.42. The summed E-state index contributed by atoms with van der Waals surface area (Å²) in [6.07, 6.45) is 2.26. The number of aromatic nitrogens is 2. The summed E-state index contributed by atoms with van der Waals surface area (Å²) in [7, 11) is 1.91. The van der Waals surface area contributed by atoms with Gasteiger partial charge in [0.05, 0.1) is 12.5 Å². The van der Waals surface area contributed by atoms with Crippen LogP contribution in [0, 0.1) is 11.3 Å². The number of hydrogen-bond donors (Lipinski definition) is 0. The predicted molar refractivity (Wildman–Crippen MR) is 69.1 cm³/mol. The van der Waals surface area contributed by atoms with E-state index >= 15 is 0 Å². The van der Waals surface area contributed by atoms with Crippen LogP contribution < -0.4 is 4.90 Å². The molecule has 0 amide bonds. The zero-order chi connectivity index (χ0) is 12.8. The van der Waals surface area contributed by atoms with Gasteiger partial charge in [0.2, 0.25) is 0 Å². The van der Waals surface area contributed by atoms with Crippen LogP contribution in [0.2, 0.25) is 5.15 Å². The summed E-state index contributed by atoms with van der Waals surface area (Å²) >= 11 is 5.97. The molecule has 1 aromatic rings. The van der Waals surface area contributed by atoms with Crippen LogP contribution in [-0.4, -0.2) is 23.1 Å². The van der Waals surface area contributed by atoms with E-state index in [1.54, 1.807) is 6.07 Å². The fourth-order valence-corrected chi connectivity index (χ4v) is 1.66. The van der Waals surface area contributed by atoms with Crippen molar-refractivity contribution in [3.05, 3.63) is 17.0 Å². The lowest BCUT2D eigenvalue weighted by Gasteiger charge is -2.24. The molecule has 5 heteroatoms. The van der Waals surface area contributed by atoms with Gasteiger partial charge in [-0.25, -0.2) is 9.97 Å². The quantitative estimate of drug-likeness (QED) is 0.756. The average molecular weight is 253 g/mol. The van der Waals surface area contributed by atoms with Crippen molar-refractivity contribution in [1.82, 2.24) is 9.97 Å². The van der Waals surface area contributed by atoms with Gasteiger partial charge in [-0.2, -0.15) is 5.26 Å². The van der Waals surface area contributed by atoms with Crippen LogP contribution in [0.4, 0.5) is 5.82 Å². The van der Waals surface area contributed by atoms with Gasteiger partial charge in [0, 0.05) is 25.6 Å². The first-order valence-electron chi connectivity index (χ1n) is 5.71. The Hall–Kier alpha value is -1.34. The highest BCUT2D eigenvalue weighted by Gasteiger charge is 2.13. The molecule has 0 fully saturated rings. The topological polar surface area (TPSA) is 52.8 Å². The monoisotopic (exact) mass is 252 g/mol. The number of nitriles is 1. The molecule has 1 rings (SSSR count). The van der Waals surface area contributed by atoms with E-state index in [1.165, 1.54) is 0 Å². The molecule has 0 spiro atoms. The molecule has 0 aliphatic carbocycles. The van der Waals surface area contributed by atoms with Crippen molar-refractivity contribution in [3.8, 4) is 6.07 Å². The molecule has 0 saturated heterocycles. The fraction of sp³-hybridized carbons (Fsp3) is 0.583. The van der Waals surface area contributed by atoms with Crippen LogP contribution in [0.3, 0.4) is 0 Å². The third-order valence-corrected chi connectivity index (χ3v) is 2.80. The Morgan fingerprint density at radius 3 is 2.82 bits per heavy atom. The second-order valence-electron chi connectivity index (χ2n) is 4.04. The minimum absolute atomic E-state index is 0.112. The maximum Gasteiger partial charge on any atom is 0.134 e. The van der Waals surface area contributed by atoms with Gasteiger partial charge in [-0.1, -0.05) is 18.5 Å². The molecular formula is C12H17ClN4. The van der Waals surface area contributed by atoms with E-state index in [4.69, 9.17) is 16.9 Å². The normalized spacial score (nSPS) is 11.9. The molecule has 0 bridgehead atoms. The summed E-state index contributed by atoms with van der Waals surface area (Å²) in [5.41, 5.74) is 0. The van der Waals surface area contributed by atoms with Gasteiger partial charge in [0.1, 0.15) is 16.8 Å². The van der Waals surface area contributed by atoms with Crippen LogP contribution in [0.5, 0.6) is 0 Å². The summed E-state index contributed by atoms with van der Waals surface area (Å²) in [5.74, 6) is 1.53. The maximum absolute atomic E-state index is 8.69. The molecule has 1 atom stereocenters. The van der Waals surface area contributed by atoms with Gasteiger partial charge in [-0.3, -0.25) is 0 Å². The molecule has 0 aliphatic rings. The average Bonchev–Trinajstić information content (AvgIpc) is 2.28. The summed E-state index contributed by atoms with van der Waals surface area (Å²) in [4.78, 5) is 10.6. The van der Waals surface area contributed by atoms with Crippen LogP contribution in [0.1, 0.15) is 32.5 Å².